The molecule has 0 aliphatic heterocycles. The van der Waals surface area contributed by atoms with E-state index < -0.39 is 0 Å². The Hall–Kier alpha value is -2.23. The van der Waals surface area contributed by atoms with E-state index in [1.807, 2.05) is 36.2 Å². The van der Waals surface area contributed by atoms with Crippen molar-refractivity contribution in [3.63, 3.8) is 0 Å². The number of carbonyl (C=O) groups excluding carboxylic acids is 1. The molecule has 0 atom stereocenters. The first kappa shape index (κ1) is 12.2. The lowest BCUT2D eigenvalue weighted by molar-refractivity contribution is 0.0988. The van der Waals surface area contributed by atoms with Crippen LogP contribution in [0.1, 0.15) is 17.5 Å². The highest BCUT2D eigenvalue weighted by Gasteiger charge is 2.14. The summed E-state index contributed by atoms with van der Waals surface area (Å²) in [5, 5.41) is 0. The standard InChI is InChI=1S/C14H15NO3/c1-10(16)12-8-9-14(18-12)15(2)11-6-4-5-7-13(11)17-3/h4-9H,1-3H3. The molecule has 2 rings (SSSR count). The molecule has 0 aliphatic carbocycles. The molecule has 1 heterocycles. The van der Waals surface area contributed by atoms with Crippen LogP contribution in [0.4, 0.5) is 11.6 Å². The Morgan fingerprint density at radius 2 is 1.94 bits per heavy atom. The summed E-state index contributed by atoms with van der Waals surface area (Å²) in [5.41, 5.74) is 0.879. The molecule has 1 aromatic heterocycles. The Balaban J connectivity index is 2.35. The molecule has 0 saturated heterocycles. The third-order valence-corrected chi connectivity index (χ3v) is 2.72. The quantitative estimate of drug-likeness (QED) is 0.775. The van der Waals surface area contributed by atoms with Gasteiger partial charge in [0.1, 0.15) is 5.75 Å². The molecular weight excluding hydrogens is 230 g/mol. The molecule has 94 valence electrons. The summed E-state index contributed by atoms with van der Waals surface area (Å²) >= 11 is 0. The number of hydrogen-bond acceptors (Lipinski definition) is 4. The van der Waals surface area contributed by atoms with Crippen LogP contribution >= 0.6 is 0 Å². The molecule has 0 unspecified atom stereocenters. The van der Waals surface area contributed by atoms with Gasteiger partial charge in [-0.25, -0.2) is 0 Å². The molecule has 1 aromatic carbocycles. The Bertz CT molecular complexity index is 560. The molecule has 0 saturated carbocycles. The fourth-order valence-electron chi connectivity index (χ4n) is 1.72. The molecule has 0 spiro atoms. The van der Waals surface area contributed by atoms with Gasteiger partial charge >= 0.3 is 0 Å². The second kappa shape index (κ2) is 4.96. The normalized spacial score (nSPS) is 10.2. The van der Waals surface area contributed by atoms with Gasteiger partial charge in [0.25, 0.3) is 0 Å². The van der Waals surface area contributed by atoms with E-state index in [0.717, 1.165) is 11.4 Å². The largest absolute Gasteiger partial charge is 0.495 e. The van der Waals surface area contributed by atoms with Crippen LogP contribution < -0.4 is 9.64 Å². The fourth-order valence-corrected chi connectivity index (χ4v) is 1.72. The van der Waals surface area contributed by atoms with Gasteiger partial charge in [-0.15, -0.1) is 0 Å². The maximum atomic E-state index is 11.2. The number of para-hydroxylation sites is 2. The highest BCUT2D eigenvalue weighted by atomic mass is 16.5. The number of Topliss-reactive ketones (excluding diaryl/α,β-unsaturated/α-hetero) is 1. The average molecular weight is 245 g/mol. The van der Waals surface area contributed by atoms with Crippen molar-refractivity contribution >= 4 is 17.4 Å². The summed E-state index contributed by atoms with van der Waals surface area (Å²) in [6, 6.07) is 11.1. The maximum absolute atomic E-state index is 11.2. The minimum absolute atomic E-state index is 0.0883. The Morgan fingerprint density at radius 1 is 1.22 bits per heavy atom. The van der Waals surface area contributed by atoms with Crippen LogP contribution in [0.25, 0.3) is 0 Å². The number of furan rings is 1. The first-order chi connectivity index (χ1) is 8.63. The Kier molecular flexibility index (Phi) is 3.37. The number of nitrogens with zero attached hydrogens (tertiary/aromatic N) is 1. The molecule has 0 aliphatic rings. The summed E-state index contributed by atoms with van der Waals surface area (Å²) in [4.78, 5) is 13.0. The monoisotopic (exact) mass is 245 g/mol. The summed E-state index contributed by atoms with van der Waals surface area (Å²) < 4.78 is 10.8. The number of ether oxygens (including phenoxy) is 1. The highest BCUT2D eigenvalue weighted by molar-refractivity contribution is 5.91. The SMILES string of the molecule is COc1ccccc1N(C)c1ccc(C(C)=O)o1. The number of hydrogen-bond donors (Lipinski definition) is 0. The number of carbonyl (C=O) groups is 1. The minimum Gasteiger partial charge on any atom is -0.495 e. The Labute approximate surface area is 106 Å². The molecule has 18 heavy (non-hydrogen) atoms. The second-order valence-electron chi connectivity index (χ2n) is 3.92. The summed E-state index contributed by atoms with van der Waals surface area (Å²) in [7, 11) is 3.48. The van der Waals surface area contributed by atoms with Gasteiger partial charge in [-0.2, -0.15) is 0 Å². The molecule has 0 bridgehead atoms. The molecule has 0 amide bonds. The van der Waals surface area contributed by atoms with Crippen LogP contribution in [0.15, 0.2) is 40.8 Å². The van der Waals surface area contributed by atoms with E-state index in [1.54, 1.807) is 19.2 Å². The van der Waals surface area contributed by atoms with Crippen molar-refractivity contribution in [2.24, 2.45) is 0 Å². The van der Waals surface area contributed by atoms with Crippen LogP contribution in [0.5, 0.6) is 5.75 Å². The van der Waals surface area contributed by atoms with Crippen molar-refractivity contribution in [2.45, 2.75) is 6.92 Å². The smallest absolute Gasteiger partial charge is 0.200 e. The molecular formula is C14H15NO3. The van der Waals surface area contributed by atoms with Crippen LogP contribution in [-0.4, -0.2) is 19.9 Å². The van der Waals surface area contributed by atoms with E-state index >= 15 is 0 Å². The molecule has 0 N–H and O–H groups in total. The first-order valence-corrected chi connectivity index (χ1v) is 5.61. The van der Waals surface area contributed by atoms with E-state index in [4.69, 9.17) is 9.15 Å². The minimum atomic E-state index is -0.0883. The van der Waals surface area contributed by atoms with Gasteiger partial charge in [0, 0.05) is 20.0 Å². The van der Waals surface area contributed by atoms with E-state index in [-0.39, 0.29) is 5.78 Å². The lowest BCUT2D eigenvalue weighted by Gasteiger charge is -2.18. The lowest BCUT2D eigenvalue weighted by Crippen LogP contribution is -2.09. The van der Waals surface area contributed by atoms with Crippen molar-refractivity contribution < 1.29 is 13.9 Å². The van der Waals surface area contributed by atoms with E-state index in [9.17, 15) is 4.79 Å². The van der Waals surface area contributed by atoms with Gasteiger partial charge in [-0.3, -0.25) is 4.79 Å². The topological polar surface area (TPSA) is 42.7 Å². The van der Waals surface area contributed by atoms with Gasteiger partial charge in [0.2, 0.25) is 5.88 Å². The molecule has 4 heteroatoms. The average Bonchev–Trinajstić information content (AvgIpc) is 2.87. The number of methoxy groups -OCH3 is 1. The van der Waals surface area contributed by atoms with Gasteiger partial charge in [-0.05, 0) is 18.2 Å². The summed E-state index contributed by atoms with van der Waals surface area (Å²) in [6.45, 7) is 1.48. The van der Waals surface area contributed by atoms with Crippen molar-refractivity contribution in [2.75, 3.05) is 19.1 Å². The molecule has 0 fully saturated rings. The van der Waals surface area contributed by atoms with Gasteiger partial charge < -0.3 is 14.1 Å². The zero-order valence-corrected chi connectivity index (χ0v) is 10.6. The lowest BCUT2D eigenvalue weighted by atomic mass is 10.2. The van der Waals surface area contributed by atoms with Gasteiger partial charge in [0.15, 0.2) is 11.5 Å². The van der Waals surface area contributed by atoms with Crippen LogP contribution in [0.2, 0.25) is 0 Å². The second-order valence-corrected chi connectivity index (χ2v) is 3.92. The number of anilines is 2. The van der Waals surface area contributed by atoms with Crippen LogP contribution in [-0.2, 0) is 0 Å². The van der Waals surface area contributed by atoms with Crippen molar-refractivity contribution in [1.82, 2.24) is 0 Å². The Morgan fingerprint density at radius 3 is 2.56 bits per heavy atom. The third kappa shape index (κ3) is 2.22. The third-order valence-electron chi connectivity index (χ3n) is 2.72. The van der Waals surface area contributed by atoms with Gasteiger partial charge in [-0.1, -0.05) is 12.1 Å². The van der Waals surface area contributed by atoms with Crippen LogP contribution in [0, 0.1) is 0 Å². The van der Waals surface area contributed by atoms with Crippen molar-refractivity contribution in [3.05, 3.63) is 42.2 Å². The zero-order valence-electron chi connectivity index (χ0n) is 10.6. The molecule has 4 nitrogen and oxygen atoms in total. The van der Waals surface area contributed by atoms with Gasteiger partial charge in [0.05, 0.1) is 12.8 Å². The van der Waals surface area contributed by atoms with E-state index in [1.165, 1.54) is 6.92 Å². The molecule has 0 radical (unpaired) electrons. The predicted molar refractivity (Wildman–Crippen MR) is 69.8 cm³/mol. The predicted octanol–water partition coefficient (Wildman–Crippen LogP) is 3.26. The van der Waals surface area contributed by atoms with Crippen LogP contribution in [0.3, 0.4) is 0 Å². The number of benzene rings is 1. The summed E-state index contributed by atoms with van der Waals surface area (Å²) in [6.07, 6.45) is 0. The van der Waals surface area contributed by atoms with E-state index in [0.29, 0.717) is 11.6 Å². The molecule has 2 aromatic rings. The number of ketones is 1. The van der Waals surface area contributed by atoms with Crippen molar-refractivity contribution in [1.29, 1.82) is 0 Å². The zero-order chi connectivity index (χ0) is 13.1. The number of rotatable bonds is 4. The fraction of sp³-hybridized carbons (Fsp3) is 0.214. The van der Waals surface area contributed by atoms with Crippen molar-refractivity contribution in [3.8, 4) is 5.75 Å². The highest BCUT2D eigenvalue weighted by Crippen LogP contribution is 2.32. The first-order valence-electron chi connectivity index (χ1n) is 5.61. The summed E-state index contributed by atoms with van der Waals surface area (Å²) in [5.74, 6) is 1.62. The maximum Gasteiger partial charge on any atom is 0.200 e. The van der Waals surface area contributed by atoms with E-state index in [2.05, 4.69) is 0 Å².